The number of hydrogen-bond donors (Lipinski definition) is 2. The average molecular weight is 601 g/mol. The Hall–Kier alpha value is -4.46. The van der Waals surface area contributed by atoms with Gasteiger partial charge in [0.05, 0.1) is 17.6 Å². The van der Waals surface area contributed by atoms with Crippen molar-refractivity contribution in [1.29, 1.82) is 0 Å². The van der Waals surface area contributed by atoms with Gasteiger partial charge in [-0.2, -0.15) is 9.61 Å². The van der Waals surface area contributed by atoms with E-state index in [1.54, 1.807) is 17.9 Å². The fraction of sp³-hybridized carbons (Fsp3) is 0.286. The summed E-state index contributed by atoms with van der Waals surface area (Å²) in [5, 5.41) is 7.08. The minimum absolute atomic E-state index is 0.0126. The Kier molecular flexibility index (Phi) is 7.91. The number of fused-ring (bicyclic) bond motifs is 1. The van der Waals surface area contributed by atoms with E-state index in [-0.39, 0.29) is 53.0 Å². The predicted molar refractivity (Wildman–Crippen MR) is 149 cm³/mol. The molecule has 2 amide bonds. The molecule has 1 aliphatic heterocycles. The van der Waals surface area contributed by atoms with E-state index in [1.165, 1.54) is 37.4 Å². The molecular weight excluding hydrogens is 573 g/mol. The van der Waals surface area contributed by atoms with Crippen LogP contribution in [-0.2, 0) is 10.0 Å². The molecule has 2 N–H and O–H groups in total. The van der Waals surface area contributed by atoms with Gasteiger partial charge < -0.3 is 10.2 Å². The molecule has 2 aromatic carbocycles. The van der Waals surface area contributed by atoms with Crippen LogP contribution in [-0.4, -0.2) is 58.6 Å². The maximum absolute atomic E-state index is 14.8. The second kappa shape index (κ2) is 11.4. The zero-order valence-electron chi connectivity index (χ0n) is 22.7. The lowest BCUT2D eigenvalue weighted by atomic mass is 9.89. The van der Waals surface area contributed by atoms with Crippen molar-refractivity contribution in [1.82, 2.24) is 24.2 Å². The monoisotopic (exact) mass is 600 g/mol. The van der Waals surface area contributed by atoms with E-state index in [9.17, 15) is 31.2 Å². The Morgan fingerprint density at radius 3 is 2.43 bits per heavy atom. The van der Waals surface area contributed by atoms with Crippen LogP contribution < -0.4 is 10.0 Å². The van der Waals surface area contributed by atoms with Crippen LogP contribution in [0.2, 0.25) is 0 Å². The molecule has 0 radical (unpaired) electrons. The Morgan fingerprint density at radius 1 is 1.00 bits per heavy atom. The van der Waals surface area contributed by atoms with Crippen LogP contribution >= 0.6 is 0 Å². The number of nitrogens with zero attached hydrogens (tertiary/aromatic N) is 4. The highest BCUT2D eigenvalue weighted by Gasteiger charge is 2.30. The fourth-order valence-corrected chi connectivity index (χ4v) is 5.43. The van der Waals surface area contributed by atoms with Crippen LogP contribution in [0, 0.1) is 24.4 Å². The molecule has 10 nitrogen and oxygen atoms in total. The third-order valence-electron chi connectivity index (χ3n) is 7.19. The van der Waals surface area contributed by atoms with Crippen molar-refractivity contribution in [3.63, 3.8) is 0 Å². The smallest absolute Gasteiger partial charge is 0.270 e. The first-order valence-electron chi connectivity index (χ1n) is 13.2. The second-order valence-corrected chi connectivity index (χ2v) is 12.0. The van der Waals surface area contributed by atoms with Gasteiger partial charge in [-0.25, -0.2) is 31.3 Å². The first-order valence-corrected chi connectivity index (χ1v) is 14.8. The number of aromatic nitrogens is 3. The number of nitrogens with one attached hydrogen (secondary N) is 2. The van der Waals surface area contributed by atoms with Gasteiger partial charge in [0, 0.05) is 25.4 Å². The quantitative estimate of drug-likeness (QED) is 0.324. The number of aryl methyl sites for hydroxylation is 1. The molecule has 1 fully saturated rings. The number of carbonyl (C=O) groups is 2. The lowest BCUT2D eigenvalue weighted by molar-refractivity contribution is 0.0712. The molecule has 0 aliphatic carbocycles. The van der Waals surface area contributed by atoms with Crippen molar-refractivity contribution >= 4 is 39.0 Å². The van der Waals surface area contributed by atoms with Gasteiger partial charge in [-0.3, -0.25) is 9.59 Å². The van der Waals surface area contributed by atoms with E-state index in [1.807, 2.05) is 4.72 Å². The lowest BCUT2D eigenvalue weighted by Gasteiger charge is -2.32. The average Bonchev–Trinajstić information content (AvgIpc) is 3.40. The van der Waals surface area contributed by atoms with Crippen LogP contribution in [0.3, 0.4) is 0 Å². The van der Waals surface area contributed by atoms with E-state index in [4.69, 9.17) is 0 Å². The van der Waals surface area contributed by atoms with Crippen LogP contribution in [0.15, 0.2) is 48.8 Å². The number of piperidine rings is 1. The number of likely N-dealkylation sites (tertiary alicyclic amines) is 1. The summed E-state index contributed by atoms with van der Waals surface area (Å²) in [5.41, 5.74) is 0.953. The third kappa shape index (κ3) is 5.79. The summed E-state index contributed by atoms with van der Waals surface area (Å²) in [6.45, 7) is 3.66. The van der Waals surface area contributed by atoms with Crippen LogP contribution in [0.5, 0.6) is 0 Å². The van der Waals surface area contributed by atoms with Crippen LogP contribution in [0.4, 0.5) is 24.7 Å². The number of sulfonamides is 1. The number of benzene rings is 2. The SMILES string of the molecule is CCS(=O)(=O)NC(=O)c1cnn2c(Nc3cc(C)ccc3F)c(C(=O)N3CCC(c4ccc(F)cc4F)CC3)cnc12. The van der Waals surface area contributed by atoms with Gasteiger partial charge in [0.25, 0.3) is 11.8 Å². The Morgan fingerprint density at radius 2 is 1.74 bits per heavy atom. The Balaban J connectivity index is 1.49. The summed E-state index contributed by atoms with van der Waals surface area (Å²) in [6, 6.07) is 7.83. The van der Waals surface area contributed by atoms with Crippen molar-refractivity contribution in [2.45, 2.75) is 32.6 Å². The van der Waals surface area contributed by atoms with Gasteiger partial charge in [-0.1, -0.05) is 12.1 Å². The van der Waals surface area contributed by atoms with E-state index >= 15 is 0 Å². The number of rotatable bonds is 7. The molecule has 42 heavy (non-hydrogen) atoms. The first kappa shape index (κ1) is 29.0. The van der Waals surface area contributed by atoms with Crippen molar-refractivity contribution in [2.24, 2.45) is 0 Å². The molecule has 1 aliphatic rings. The van der Waals surface area contributed by atoms with E-state index in [0.717, 1.165) is 22.3 Å². The molecule has 220 valence electrons. The Bertz CT molecular complexity index is 1800. The topological polar surface area (TPSA) is 126 Å². The maximum Gasteiger partial charge on any atom is 0.270 e. The number of anilines is 2. The number of halogens is 3. The molecule has 0 bridgehead atoms. The van der Waals surface area contributed by atoms with Crippen LogP contribution in [0.1, 0.15) is 57.5 Å². The minimum atomic E-state index is -3.88. The Labute approximate surface area is 239 Å². The zero-order chi connectivity index (χ0) is 30.2. The van der Waals surface area contributed by atoms with E-state index in [2.05, 4.69) is 15.4 Å². The largest absolute Gasteiger partial charge is 0.338 e. The molecule has 14 heteroatoms. The van der Waals surface area contributed by atoms with Gasteiger partial charge in [-0.15, -0.1) is 0 Å². The normalized spacial score (nSPS) is 14.3. The number of amides is 2. The van der Waals surface area contributed by atoms with E-state index < -0.39 is 39.3 Å². The van der Waals surface area contributed by atoms with Gasteiger partial charge in [-0.05, 0) is 61.9 Å². The third-order valence-corrected chi connectivity index (χ3v) is 8.45. The molecule has 0 atom stereocenters. The summed E-state index contributed by atoms with van der Waals surface area (Å²) in [6.07, 6.45) is 3.18. The minimum Gasteiger partial charge on any atom is -0.338 e. The summed E-state index contributed by atoms with van der Waals surface area (Å²) in [4.78, 5) is 32.3. The van der Waals surface area contributed by atoms with Gasteiger partial charge in [0.2, 0.25) is 10.0 Å². The molecule has 1 saturated heterocycles. The molecular formula is C28H27F3N6O4S. The molecule has 0 spiro atoms. The van der Waals surface area contributed by atoms with Crippen molar-refractivity contribution in [2.75, 3.05) is 24.2 Å². The van der Waals surface area contributed by atoms with Gasteiger partial charge in [0.15, 0.2) is 5.65 Å². The van der Waals surface area contributed by atoms with Gasteiger partial charge in [0.1, 0.15) is 34.4 Å². The standard InChI is InChI=1S/C28H27F3N6O4S/c1-3-42(40,41)35-27(38)20-15-33-37-25(20)32-14-21(26(37)34-24-12-16(2)4-7-22(24)30)28(39)36-10-8-17(9-11-36)19-6-5-18(29)13-23(19)31/h4-7,12-15,17,34H,3,8-11H2,1-2H3,(H,35,38). The lowest BCUT2D eigenvalue weighted by Crippen LogP contribution is -2.38. The highest BCUT2D eigenvalue weighted by molar-refractivity contribution is 7.90. The summed E-state index contributed by atoms with van der Waals surface area (Å²) >= 11 is 0. The highest BCUT2D eigenvalue weighted by atomic mass is 32.2. The molecule has 4 aromatic rings. The predicted octanol–water partition coefficient (Wildman–Crippen LogP) is 4.30. The zero-order valence-corrected chi connectivity index (χ0v) is 23.5. The molecule has 0 unspecified atom stereocenters. The molecule has 3 heterocycles. The van der Waals surface area contributed by atoms with Crippen LogP contribution in [0.25, 0.3) is 5.65 Å². The van der Waals surface area contributed by atoms with Gasteiger partial charge >= 0.3 is 0 Å². The molecule has 5 rings (SSSR count). The van der Waals surface area contributed by atoms with E-state index in [0.29, 0.717) is 18.4 Å². The van der Waals surface area contributed by atoms with Crippen molar-refractivity contribution in [3.05, 3.63) is 88.5 Å². The number of carbonyl (C=O) groups excluding carboxylic acids is 2. The summed E-state index contributed by atoms with van der Waals surface area (Å²) in [5.74, 6) is -3.85. The summed E-state index contributed by atoms with van der Waals surface area (Å²) in [7, 11) is -3.88. The first-order chi connectivity index (χ1) is 20.0. The molecule has 0 saturated carbocycles. The molecule has 2 aromatic heterocycles. The van der Waals surface area contributed by atoms with Crippen molar-refractivity contribution in [3.8, 4) is 0 Å². The maximum atomic E-state index is 14.8. The highest BCUT2D eigenvalue weighted by Crippen LogP contribution is 2.32. The summed E-state index contributed by atoms with van der Waals surface area (Å²) < 4.78 is 69.5. The fourth-order valence-electron chi connectivity index (χ4n) is 4.90. The second-order valence-electron chi connectivity index (χ2n) is 9.99. The number of hydrogen-bond acceptors (Lipinski definition) is 7. The van der Waals surface area contributed by atoms with Crippen molar-refractivity contribution < 1.29 is 31.2 Å².